The molecular formula is C7H7ClN2O2S. The molecule has 6 heteroatoms. The third-order valence-electron chi connectivity index (χ3n) is 1.17. The molecule has 0 atom stereocenters. The fourth-order valence-electron chi connectivity index (χ4n) is 0.624. The molecule has 1 aromatic heterocycles. The third kappa shape index (κ3) is 4.10. The van der Waals surface area contributed by atoms with Crippen LogP contribution in [0.3, 0.4) is 0 Å². The van der Waals surface area contributed by atoms with Crippen LogP contribution >= 0.6 is 23.4 Å². The first kappa shape index (κ1) is 10.3. The minimum Gasteiger partial charge on any atom is -0.481 e. The van der Waals surface area contributed by atoms with Crippen LogP contribution in [0.4, 0.5) is 0 Å². The van der Waals surface area contributed by atoms with Crippen LogP contribution in [0.15, 0.2) is 17.2 Å². The highest BCUT2D eigenvalue weighted by molar-refractivity contribution is 7.99. The molecule has 0 amide bonds. The number of hydrogen-bond donors (Lipinski definition) is 1. The molecule has 0 aliphatic carbocycles. The van der Waals surface area contributed by atoms with Gasteiger partial charge < -0.3 is 5.11 Å². The normalized spacial score (nSPS) is 9.92. The summed E-state index contributed by atoms with van der Waals surface area (Å²) in [5, 5.41) is 16.8. The van der Waals surface area contributed by atoms with Crippen molar-refractivity contribution in [1.29, 1.82) is 0 Å². The molecular weight excluding hydrogens is 212 g/mol. The van der Waals surface area contributed by atoms with E-state index in [9.17, 15) is 4.79 Å². The Hall–Kier alpha value is -0.810. The van der Waals surface area contributed by atoms with E-state index in [2.05, 4.69) is 10.2 Å². The van der Waals surface area contributed by atoms with E-state index in [0.29, 0.717) is 15.9 Å². The molecule has 1 aromatic rings. The van der Waals surface area contributed by atoms with Gasteiger partial charge in [-0.25, -0.2) is 0 Å². The van der Waals surface area contributed by atoms with Gasteiger partial charge in [0.2, 0.25) is 0 Å². The summed E-state index contributed by atoms with van der Waals surface area (Å²) in [6, 6.07) is 3.33. The topological polar surface area (TPSA) is 63.1 Å². The van der Waals surface area contributed by atoms with E-state index in [0.717, 1.165) is 0 Å². The lowest BCUT2D eigenvalue weighted by molar-refractivity contribution is -0.136. The SMILES string of the molecule is O=C(O)CCSc1ccc(Cl)nn1. The Bertz CT molecular complexity index is 291. The van der Waals surface area contributed by atoms with Gasteiger partial charge in [-0.05, 0) is 12.1 Å². The molecule has 0 bridgehead atoms. The molecule has 0 spiro atoms. The van der Waals surface area contributed by atoms with Gasteiger partial charge in [-0.2, -0.15) is 0 Å². The van der Waals surface area contributed by atoms with Gasteiger partial charge in [0, 0.05) is 5.75 Å². The smallest absolute Gasteiger partial charge is 0.304 e. The van der Waals surface area contributed by atoms with Gasteiger partial charge in [0.1, 0.15) is 5.03 Å². The van der Waals surface area contributed by atoms with E-state index >= 15 is 0 Å². The molecule has 0 saturated carbocycles. The van der Waals surface area contributed by atoms with Crippen LogP contribution < -0.4 is 0 Å². The van der Waals surface area contributed by atoms with Crippen molar-refractivity contribution in [3.05, 3.63) is 17.3 Å². The molecule has 0 aliphatic heterocycles. The molecule has 0 unspecified atom stereocenters. The number of carboxylic acids is 1. The number of hydrogen-bond acceptors (Lipinski definition) is 4. The van der Waals surface area contributed by atoms with Crippen molar-refractivity contribution in [3.8, 4) is 0 Å². The maximum atomic E-state index is 10.2. The number of halogens is 1. The molecule has 0 saturated heterocycles. The van der Waals surface area contributed by atoms with Gasteiger partial charge in [0.15, 0.2) is 5.15 Å². The van der Waals surface area contributed by atoms with Gasteiger partial charge in [-0.15, -0.1) is 22.0 Å². The maximum absolute atomic E-state index is 10.2. The summed E-state index contributed by atoms with van der Waals surface area (Å²) < 4.78 is 0. The minimum absolute atomic E-state index is 0.120. The largest absolute Gasteiger partial charge is 0.481 e. The average Bonchev–Trinajstić information content (AvgIpc) is 2.08. The Balaban J connectivity index is 2.37. The minimum atomic E-state index is -0.811. The zero-order valence-corrected chi connectivity index (χ0v) is 8.18. The number of aromatic nitrogens is 2. The Morgan fingerprint density at radius 1 is 1.54 bits per heavy atom. The van der Waals surface area contributed by atoms with Crippen molar-refractivity contribution in [3.63, 3.8) is 0 Å². The highest BCUT2D eigenvalue weighted by Crippen LogP contribution is 2.15. The Kier molecular flexibility index (Phi) is 3.98. The Morgan fingerprint density at radius 3 is 2.85 bits per heavy atom. The van der Waals surface area contributed by atoms with Crippen LogP contribution in [0.5, 0.6) is 0 Å². The van der Waals surface area contributed by atoms with Crippen molar-refractivity contribution in [2.24, 2.45) is 0 Å². The molecule has 70 valence electrons. The third-order valence-corrected chi connectivity index (χ3v) is 2.30. The molecule has 0 aliphatic rings. The van der Waals surface area contributed by atoms with Gasteiger partial charge in [-0.1, -0.05) is 11.6 Å². The van der Waals surface area contributed by atoms with Crippen LogP contribution in [0.2, 0.25) is 5.15 Å². The second kappa shape index (κ2) is 5.04. The highest BCUT2D eigenvalue weighted by atomic mass is 35.5. The molecule has 0 aromatic carbocycles. The average molecular weight is 219 g/mol. The van der Waals surface area contributed by atoms with E-state index in [1.54, 1.807) is 12.1 Å². The monoisotopic (exact) mass is 218 g/mol. The zero-order valence-electron chi connectivity index (χ0n) is 6.61. The summed E-state index contributed by atoms with van der Waals surface area (Å²) in [6.45, 7) is 0. The quantitative estimate of drug-likeness (QED) is 0.780. The first-order chi connectivity index (χ1) is 6.18. The van der Waals surface area contributed by atoms with Crippen molar-refractivity contribution in [1.82, 2.24) is 10.2 Å². The van der Waals surface area contributed by atoms with E-state index in [1.807, 2.05) is 0 Å². The van der Waals surface area contributed by atoms with Crippen molar-refractivity contribution in [2.75, 3.05) is 5.75 Å². The van der Waals surface area contributed by atoms with E-state index < -0.39 is 5.97 Å². The maximum Gasteiger partial charge on any atom is 0.304 e. The second-order valence-corrected chi connectivity index (χ2v) is 3.69. The Morgan fingerprint density at radius 2 is 2.31 bits per heavy atom. The summed E-state index contributed by atoms with van der Waals surface area (Å²) in [5.74, 6) is -0.319. The van der Waals surface area contributed by atoms with Crippen LogP contribution in [-0.2, 0) is 4.79 Å². The summed E-state index contributed by atoms with van der Waals surface area (Å²) in [7, 11) is 0. The lowest BCUT2D eigenvalue weighted by Crippen LogP contribution is -1.96. The van der Waals surface area contributed by atoms with E-state index in [1.165, 1.54) is 11.8 Å². The summed E-state index contributed by atoms with van der Waals surface area (Å²) in [4.78, 5) is 10.2. The Labute approximate surface area is 84.3 Å². The van der Waals surface area contributed by atoms with Gasteiger partial charge >= 0.3 is 5.97 Å². The first-order valence-electron chi connectivity index (χ1n) is 3.52. The lowest BCUT2D eigenvalue weighted by atomic mass is 10.5. The zero-order chi connectivity index (χ0) is 9.68. The number of thioether (sulfide) groups is 1. The van der Waals surface area contributed by atoms with E-state index in [-0.39, 0.29) is 6.42 Å². The first-order valence-corrected chi connectivity index (χ1v) is 4.88. The molecule has 1 heterocycles. The summed E-state index contributed by atoms with van der Waals surface area (Å²) in [6.07, 6.45) is 0.120. The van der Waals surface area contributed by atoms with Crippen molar-refractivity contribution < 1.29 is 9.90 Å². The number of carboxylic acid groups (broad SMARTS) is 1. The molecule has 4 nitrogen and oxygen atoms in total. The van der Waals surface area contributed by atoms with Crippen LogP contribution in [0.25, 0.3) is 0 Å². The summed E-state index contributed by atoms with van der Waals surface area (Å²) in [5.41, 5.74) is 0. The highest BCUT2D eigenvalue weighted by Gasteiger charge is 2.00. The van der Waals surface area contributed by atoms with Crippen LogP contribution in [-0.4, -0.2) is 27.0 Å². The van der Waals surface area contributed by atoms with Gasteiger partial charge in [0.05, 0.1) is 6.42 Å². The number of nitrogens with zero attached hydrogens (tertiary/aromatic N) is 2. The summed E-state index contributed by atoms with van der Waals surface area (Å²) >= 11 is 6.86. The number of rotatable bonds is 4. The predicted molar refractivity (Wildman–Crippen MR) is 50.0 cm³/mol. The number of aliphatic carboxylic acids is 1. The van der Waals surface area contributed by atoms with Gasteiger partial charge in [0.25, 0.3) is 0 Å². The fraction of sp³-hybridized carbons (Fsp3) is 0.286. The second-order valence-electron chi connectivity index (χ2n) is 2.19. The predicted octanol–water partition coefficient (Wildman–Crippen LogP) is 1.70. The van der Waals surface area contributed by atoms with Crippen molar-refractivity contribution >= 4 is 29.3 Å². The molecule has 1 rings (SSSR count). The number of carbonyl (C=O) groups is 1. The fourth-order valence-corrected chi connectivity index (χ4v) is 1.47. The molecule has 0 fully saturated rings. The molecule has 0 radical (unpaired) electrons. The van der Waals surface area contributed by atoms with Crippen molar-refractivity contribution in [2.45, 2.75) is 11.4 Å². The lowest BCUT2D eigenvalue weighted by Gasteiger charge is -1.96. The van der Waals surface area contributed by atoms with Gasteiger partial charge in [-0.3, -0.25) is 4.79 Å². The molecule has 1 N–H and O–H groups in total. The standard InChI is InChI=1S/C7H7ClN2O2S/c8-5-1-2-6(10-9-5)13-4-3-7(11)12/h1-2H,3-4H2,(H,11,12). The van der Waals surface area contributed by atoms with Crippen LogP contribution in [0, 0.1) is 0 Å². The molecule has 13 heavy (non-hydrogen) atoms. The van der Waals surface area contributed by atoms with E-state index in [4.69, 9.17) is 16.7 Å². The van der Waals surface area contributed by atoms with Crippen LogP contribution in [0.1, 0.15) is 6.42 Å².